The molecule has 2 aromatic heterocycles. The molecule has 0 saturated heterocycles. The van der Waals surface area contributed by atoms with Gasteiger partial charge in [-0.1, -0.05) is 6.07 Å². The molecule has 0 atom stereocenters. The molecule has 2 heterocycles. The highest BCUT2D eigenvalue weighted by Gasteiger charge is 2.11. The monoisotopic (exact) mass is 297 g/mol. The predicted octanol–water partition coefficient (Wildman–Crippen LogP) is 3.64. The minimum Gasteiger partial charge on any atom is -0.318 e. The van der Waals surface area contributed by atoms with Crippen molar-refractivity contribution in [2.24, 2.45) is 0 Å². The van der Waals surface area contributed by atoms with Crippen LogP contribution >= 0.6 is 27.3 Å². The molecule has 16 heavy (non-hydrogen) atoms. The lowest BCUT2D eigenvalue weighted by molar-refractivity contribution is 0.630. The van der Waals surface area contributed by atoms with Crippen LogP contribution in [0.4, 0.5) is 4.39 Å². The molecule has 2 nitrogen and oxygen atoms in total. The summed E-state index contributed by atoms with van der Waals surface area (Å²) in [4.78, 5) is 14.3. The van der Waals surface area contributed by atoms with Crippen LogP contribution in [0, 0.1) is 5.82 Å². The summed E-state index contributed by atoms with van der Waals surface area (Å²) in [7, 11) is 0. The molecule has 0 unspecified atom stereocenters. The number of halogens is 2. The summed E-state index contributed by atoms with van der Waals surface area (Å²) in [5.41, 5.74) is 0.0137. The van der Waals surface area contributed by atoms with Crippen LogP contribution < -0.4 is 5.56 Å². The van der Waals surface area contributed by atoms with Crippen LogP contribution in [0.2, 0.25) is 0 Å². The zero-order valence-electron chi connectivity index (χ0n) is 7.88. The van der Waals surface area contributed by atoms with Gasteiger partial charge in [0.05, 0.1) is 9.99 Å². The number of aromatic amines is 1. The van der Waals surface area contributed by atoms with Gasteiger partial charge in [-0.2, -0.15) is 0 Å². The number of pyridine rings is 1. The van der Waals surface area contributed by atoms with E-state index in [1.807, 2.05) is 11.4 Å². The van der Waals surface area contributed by atoms with E-state index in [0.29, 0.717) is 9.17 Å². The number of hydrogen-bond acceptors (Lipinski definition) is 2. The van der Waals surface area contributed by atoms with Crippen LogP contribution in [0.15, 0.2) is 32.8 Å². The van der Waals surface area contributed by atoms with Crippen LogP contribution in [0.1, 0.15) is 0 Å². The summed E-state index contributed by atoms with van der Waals surface area (Å²) in [6.07, 6.45) is 0. The summed E-state index contributed by atoms with van der Waals surface area (Å²) in [6, 6.07) is 5.28. The zero-order valence-corrected chi connectivity index (χ0v) is 10.3. The van der Waals surface area contributed by atoms with Gasteiger partial charge < -0.3 is 4.98 Å². The maximum atomic E-state index is 13.8. The first kappa shape index (κ1) is 9.99. The van der Waals surface area contributed by atoms with Crippen molar-refractivity contribution in [1.29, 1.82) is 0 Å². The van der Waals surface area contributed by atoms with Crippen molar-refractivity contribution in [3.05, 3.63) is 44.2 Å². The number of nitrogens with one attached hydrogen (secondary N) is 1. The molecule has 3 aromatic rings. The van der Waals surface area contributed by atoms with Gasteiger partial charge in [0.15, 0.2) is 5.82 Å². The van der Waals surface area contributed by atoms with E-state index in [-0.39, 0.29) is 11.1 Å². The summed E-state index contributed by atoms with van der Waals surface area (Å²) in [5.74, 6) is -0.428. The van der Waals surface area contributed by atoms with Crippen LogP contribution in [0.3, 0.4) is 0 Å². The van der Waals surface area contributed by atoms with E-state index < -0.39 is 5.82 Å². The Balaban J connectivity index is 2.68. The molecule has 0 fully saturated rings. The quantitative estimate of drug-likeness (QED) is 0.675. The topological polar surface area (TPSA) is 32.9 Å². The van der Waals surface area contributed by atoms with Crippen LogP contribution in [0.5, 0.6) is 0 Å². The van der Waals surface area contributed by atoms with Crippen molar-refractivity contribution in [3.8, 4) is 0 Å². The van der Waals surface area contributed by atoms with Crippen molar-refractivity contribution < 1.29 is 4.39 Å². The van der Waals surface area contributed by atoms with E-state index in [1.54, 1.807) is 12.1 Å². The lowest BCUT2D eigenvalue weighted by atomic mass is 10.1. The van der Waals surface area contributed by atoms with Gasteiger partial charge >= 0.3 is 0 Å². The first-order valence-electron chi connectivity index (χ1n) is 4.55. The van der Waals surface area contributed by atoms with Gasteiger partial charge in [0.1, 0.15) is 4.70 Å². The molecular weight excluding hydrogens is 293 g/mol. The second-order valence-corrected chi connectivity index (χ2v) is 5.17. The van der Waals surface area contributed by atoms with Crippen LogP contribution in [-0.4, -0.2) is 4.98 Å². The van der Waals surface area contributed by atoms with Gasteiger partial charge in [0, 0.05) is 10.8 Å². The SMILES string of the molecule is O=c1[nH]c2c(F)c(Br)ccc2c2ccsc12. The second kappa shape index (κ2) is 3.40. The first-order chi connectivity index (χ1) is 7.68. The molecule has 0 amide bonds. The van der Waals surface area contributed by atoms with Gasteiger partial charge in [0.2, 0.25) is 0 Å². The number of benzene rings is 1. The number of aromatic nitrogens is 1. The van der Waals surface area contributed by atoms with Gasteiger partial charge in [-0.3, -0.25) is 4.79 Å². The highest BCUT2D eigenvalue weighted by molar-refractivity contribution is 9.10. The van der Waals surface area contributed by atoms with Crippen molar-refractivity contribution in [1.82, 2.24) is 4.98 Å². The third-order valence-electron chi connectivity index (χ3n) is 2.49. The number of fused-ring (bicyclic) bond motifs is 3. The molecule has 0 saturated carbocycles. The van der Waals surface area contributed by atoms with Gasteiger partial charge in [-0.25, -0.2) is 4.39 Å². The molecule has 1 aromatic carbocycles. The fraction of sp³-hybridized carbons (Fsp3) is 0. The fourth-order valence-electron chi connectivity index (χ4n) is 1.76. The third-order valence-corrected chi connectivity index (χ3v) is 4.02. The lowest BCUT2D eigenvalue weighted by Gasteiger charge is -2.02. The Labute approximate surface area is 102 Å². The lowest BCUT2D eigenvalue weighted by Crippen LogP contribution is -2.05. The average Bonchev–Trinajstić information content (AvgIpc) is 2.74. The maximum absolute atomic E-state index is 13.8. The minimum absolute atomic E-state index is 0.241. The van der Waals surface area contributed by atoms with Crippen LogP contribution in [0.25, 0.3) is 21.0 Å². The highest BCUT2D eigenvalue weighted by Crippen LogP contribution is 2.29. The van der Waals surface area contributed by atoms with E-state index in [1.165, 1.54) is 11.3 Å². The van der Waals surface area contributed by atoms with E-state index in [9.17, 15) is 9.18 Å². The molecule has 0 bridgehead atoms. The standard InChI is InChI=1S/C11H5BrFNOS/c12-7-2-1-5-6-3-4-16-10(6)11(15)14-9(5)8(7)13/h1-4H,(H,14,15). The number of H-pyrrole nitrogens is 1. The second-order valence-electron chi connectivity index (χ2n) is 3.40. The zero-order chi connectivity index (χ0) is 11.3. The molecule has 0 radical (unpaired) electrons. The first-order valence-corrected chi connectivity index (χ1v) is 6.23. The number of thiophene rings is 1. The summed E-state index contributed by atoms with van der Waals surface area (Å²) >= 11 is 4.46. The summed E-state index contributed by atoms with van der Waals surface area (Å²) in [6.45, 7) is 0. The Morgan fingerprint density at radius 1 is 1.25 bits per heavy atom. The Kier molecular flexibility index (Phi) is 2.12. The van der Waals surface area contributed by atoms with E-state index >= 15 is 0 Å². The smallest absolute Gasteiger partial charge is 0.266 e. The molecule has 80 valence electrons. The molecular formula is C11H5BrFNOS. The number of rotatable bonds is 0. The molecule has 0 aliphatic heterocycles. The summed E-state index contributed by atoms with van der Waals surface area (Å²) in [5, 5.41) is 3.37. The largest absolute Gasteiger partial charge is 0.318 e. The molecule has 0 aliphatic carbocycles. The predicted molar refractivity (Wildman–Crippen MR) is 67.6 cm³/mol. The van der Waals surface area contributed by atoms with Gasteiger partial charge in [-0.15, -0.1) is 11.3 Å². The minimum atomic E-state index is -0.428. The van der Waals surface area contributed by atoms with Crippen molar-refractivity contribution in [2.75, 3.05) is 0 Å². The van der Waals surface area contributed by atoms with Crippen LogP contribution in [-0.2, 0) is 0 Å². The summed E-state index contributed by atoms with van der Waals surface area (Å²) < 4.78 is 14.8. The van der Waals surface area contributed by atoms with Gasteiger partial charge in [-0.05, 0) is 33.4 Å². The fourth-order valence-corrected chi connectivity index (χ4v) is 2.90. The van der Waals surface area contributed by atoms with E-state index in [0.717, 1.165) is 10.8 Å². The normalized spacial score (nSPS) is 11.4. The molecule has 0 spiro atoms. The van der Waals surface area contributed by atoms with E-state index in [2.05, 4.69) is 20.9 Å². The maximum Gasteiger partial charge on any atom is 0.266 e. The molecule has 5 heteroatoms. The van der Waals surface area contributed by atoms with Crippen molar-refractivity contribution >= 4 is 48.3 Å². The van der Waals surface area contributed by atoms with Crippen molar-refractivity contribution in [3.63, 3.8) is 0 Å². The molecule has 3 rings (SSSR count). The Morgan fingerprint density at radius 2 is 2.06 bits per heavy atom. The molecule has 1 N–H and O–H groups in total. The number of hydrogen-bond donors (Lipinski definition) is 1. The Bertz CT molecular complexity index is 762. The Morgan fingerprint density at radius 3 is 2.88 bits per heavy atom. The van der Waals surface area contributed by atoms with Crippen molar-refractivity contribution in [2.45, 2.75) is 0 Å². The van der Waals surface area contributed by atoms with E-state index in [4.69, 9.17) is 0 Å². The van der Waals surface area contributed by atoms with Gasteiger partial charge in [0.25, 0.3) is 5.56 Å². The highest BCUT2D eigenvalue weighted by atomic mass is 79.9. The molecule has 0 aliphatic rings. The third kappa shape index (κ3) is 1.25. The Hall–Kier alpha value is -1.20. The average molecular weight is 298 g/mol.